The Kier molecular flexibility index (Phi) is 56.4. The van der Waals surface area contributed by atoms with Gasteiger partial charge in [0.1, 0.15) is 13.2 Å². The zero-order valence-corrected chi connectivity index (χ0v) is 47.1. The van der Waals surface area contributed by atoms with E-state index in [-0.39, 0.29) is 44.0 Å². The van der Waals surface area contributed by atoms with E-state index in [0.29, 0.717) is 19.3 Å². The summed E-state index contributed by atoms with van der Waals surface area (Å²) in [4.78, 5) is 38.2. The van der Waals surface area contributed by atoms with Crippen LogP contribution in [0, 0.1) is 0 Å². The summed E-state index contributed by atoms with van der Waals surface area (Å²) >= 11 is 0. The highest BCUT2D eigenvalue weighted by Gasteiger charge is 2.19. The predicted molar refractivity (Wildman–Crippen MR) is 316 cm³/mol. The van der Waals surface area contributed by atoms with Crippen LogP contribution in [0.4, 0.5) is 0 Å². The minimum absolute atomic E-state index is 0.134. The molecule has 73 heavy (non-hydrogen) atoms. The summed E-state index contributed by atoms with van der Waals surface area (Å²) in [6, 6.07) is 0. The lowest BCUT2D eigenvalue weighted by Crippen LogP contribution is -2.30. The molecule has 0 aromatic heterocycles. The van der Waals surface area contributed by atoms with Crippen molar-refractivity contribution in [3.63, 3.8) is 0 Å². The lowest BCUT2D eigenvalue weighted by Gasteiger charge is -2.18. The fourth-order valence-corrected chi connectivity index (χ4v) is 7.69. The first-order valence-corrected chi connectivity index (χ1v) is 29.7. The van der Waals surface area contributed by atoms with Crippen LogP contribution in [-0.4, -0.2) is 37.2 Å². The van der Waals surface area contributed by atoms with Gasteiger partial charge in [-0.2, -0.15) is 0 Å². The van der Waals surface area contributed by atoms with Gasteiger partial charge in [0.15, 0.2) is 6.10 Å². The monoisotopic (exact) mass is 1010 g/mol. The fourth-order valence-electron chi connectivity index (χ4n) is 7.69. The van der Waals surface area contributed by atoms with Crippen molar-refractivity contribution in [1.82, 2.24) is 0 Å². The van der Waals surface area contributed by atoms with Crippen molar-refractivity contribution in [1.29, 1.82) is 0 Å². The third-order valence-corrected chi connectivity index (χ3v) is 12.1. The minimum atomic E-state index is -0.837. The number of esters is 3. The molecule has 0 amide bonds. The average Bonchev–Trinajstić information content (AvgIpc) is 3.39. The molecule has 0 saturated carbocycles. The molecule has 0 saturated heterocycles. The van der Waals surface area contributed by atoms with Crippen molar-refractivity contribution < 1.29 is 28.6 Å². The Morgan fingerprint density at radius 3 is 1.00 bits per heavy atom. The summed E-state index contributed by atoms with van der Waals surface area (Å²) in [6.45, 7) is 6.38. The Morgan fingerprint density at radius 1 is 0.288 bits per heavy atom. The minimum Gasteiger partial charge on any atom is -0.462 e. The summed E-state index contributed by atoms with van der Waals surface area (Å²) in [7, 11) is 0. The van der Waals surface area contributed by atoms with Crippen LogP contribution in [0.2, 0.25) is 0 Å². The highest BCUT2D eigenvalue weighted by atomic mass is 16.6. The number of hydrogen-bond donors (Lipinski definition) is 0. The zero-order valence-electron chi connectivity index (χ0n) is 47.1. The van der Waals surface area contributed by atoms with E-state index in [2.05, 4.69) is 142 Å². The van der Waals surface area contributed by atoms with Crippen molar-refractivity contribution in [2.45, 2.75) is 258 Å². The molecule has 412 valence electrons. The van der Waals surface area contributed by atoms with Gasteiger partial charge in [-0.3, -0.25) is 14.4 Å². The highest BCUT2D eigenvalue weighted by molar-refractivity contribution is 5.71. The lowest BCUT2D eigenvalue weighted by molar-refractivity contribution is -0.166. The SMILES string of the molecule is CC/C=C\C/C=C\C/C=C\C/C=C\C/C=C\C/C=C\CCC(=O)OC[C@@H](COC(=O)CCC/C=C\C/C=C\C/C=C\C/C=C\CCCCC)OC(=O)CCCCCCCCCCC/C=C\CCCCCCCC. The van der Waals surface area contributed by atoms with E-state index in [1.165, 1.54) is 116 Å². The third kappa shape index (κ3) is 58.3. The molecule has 0 spiro atoms. The molecule has 0 aliphatic carbocycles. The van der Waals surface area contributed by atoms with Gasteiger partial charge in [-0.05, 0) is 122 Å². The van der Waals surface area contributed by atoms with Crippen LogP contribution in [0.25, 0.3) is 0 Å². The Morgan fingerprint density at radius 2 is 0.575 bits per heavy atom. The normalized spacial score (nSPS) is 13.1. The molecular formula is C67H108O6. The van der Waals surface area contributed by atoms with Crippen LogP contribution in [-0.2, 0) is 28.6 Å². The van der Waals surface area contributed by atoms with Gasteiger partial charge >= 0.3 is 17.9 Å². The maximum absolute atomic E-state index is 12.9. The van der Waals surface area contributed by atoms with E-state index < -0.39 is 6.10 Å². The summed E-state index contributed by atoms with van der Waals surface area (Å²) in [6.07, 6.45) is 84.6. The highest BCUT2D eigenvalue weighted by Crippen LogP contribution is 2.14. The molecule has 6 nitrogen and oxygen atoms in total. The zero-order chi connectivity index (χ0) is 52.9. The Bertz CT molecular complexity index is 1580. The van der Waals surface area contributed by atoms with Gasteiger partial charge in [0.25, 0.3) is 0 Å². The first-order valence-electron chi connectivity index (χ1n) is 29.7. The first kappa shape index (κ1) is 68.6. The lowest BCUT2D eigenvalue weighted by atomic mass is 10.1. The van der Waals surface area contributed by atoms with E-state index in [4.69, 9.17) is 14.2 Å². The molecule has 0 heterocycles. The summed E-state index contributed by atoms with van der Waals surface area (Å²) < 4.78 is 16.8. The van der Waals surface area contributed by atoms with Crippen molar-refractivity contribution in [3.8, 4) is 0 Å². The number of allylic oxidation sites excluding steroid dienone is 22. The van der Waals surface area contributed by atoms with Gasteiger partial charge in [-0.25, -0.2) is 0 Å². The number of ether oxygens (including phenoxy) is 3. The molecule has 0 bridgehead atoms. The van der Waals surface area contributed by atoms with Crippen LogP contribution in [0.5, 0.6) is 0 Å². The number of carbonyl (C=O) groups is 3. The summed E-state index contributed by atoms with van der Waals surface area (Å²) in [5.74, 6) is -1.07. The smallest absolute Gasteiger partial charge is 0.306 e. The third-order valence-electron chi connectivity index (χ3n) is 12.1. The molecule has 0 fully saturated rings. The topological polar surface area (TPSA) is 78.9 Å². The fraction of sp³-hybridized carbons (Fsp3) is 0.627. The van der Waals surface area contributed by atoms with Crippen molar-refractivity contribution >= 4 is 17.9 Å². The Labute approximate surface area is 449 Å². The standard InChI is InChI=1S/C67H108O6/c1-4-7-10-13-16-19-22-25-28-31-33-36-39-42-45-48-51-54-57-60-66(69)72-63-64(62-71-65(68)59-56-53-50-47-44-41-38-35-30-27-24-21-18-15-12-9-6-3)73-67(70)61-58-55-52-49-46-43-40-37-34-32-29-26-23-20-17-14-11-8-5-2/h7,10,16,18-19,21,25-30,33,36,38,41-42,45,47,50-51,54,64H,4-6,8-9,11-15,17,20,22-24,31-32,34-35,37,39-40,43-44,46,48-49,52-53,55-63H2,1-3H3/b10-7-,19-16-,21-18-,28-25-,29-26-,30-27-,36-33-,41-38-,45-42-,50-47-,54-51-/t64-/m1/s1. The van der Waals surface area contributed by atoms with E-state index in [1.807, 2.05) is 12.2 Å². The van der Waals surface area contributed by atoms with E-state index in [0.717, 1.165) is 83.5 Å². The first-order chi connectivity index (χ1) is 36.0. The second-order valence-corrected chi connectivity index (χ2v) is 19.2. The quantitative estimate of drug-likeness (QED) is 0.0261. The van der Waals surface area contributed by atoms with Crippen LogP contribution >= 0.6 is 0 Å². The van der Waals surface area contributed by atoms with E-state index in [9.17, 15) is 14.4 Å². The largest absolute Gasteiger partial charge is 0.462 e. The predicted octanol–water partition coefficient (Wildman–Crippen LogP) is 20.2. The number of hydrogen-bond acceptors (Lipinski definition) is 6. The molecule has 1 atom stereocenters. The van der Waals surface area contributed by atoms with Gasteiger partial charge in [0.2, 0.25) is 0 Å². The van der Waals surface area contributed by atoms with Crippen LogP contribution in [0.3, 0.4) is 0 Å². The van der Waals surface area contributed by atoms with Gasteiger partial charge in [-0.1, -0.05) is 244 Å². The molecule has 6 heteroatoms. The van der Waals surface area contributed by atoms with Crippen molar-refractivity contribution in [2.75, 3.05) is 13.2 Å². The molecule has 0 aliphatic rings. The molecule has 0 N–H and O–H groups in total. The Balaban J connectivity index is 4.59. The van der Waals surface area contributed by atoms with E-state index in [1.54, 1.807) is 0 Å². The second-order valence-electron chi connectivity index (χ2n) is 19.2. The number of carbonyl (C=O) groups excluding carboxylic acids is 3. The van der Waals surface area contributed by atoms with Gasteiger partial charge in [0, 0.05) is 19.3 Å². The second kappa shape index (κ2) is 60.1. The molecule has 0 aromatic carbocycles. The van der Waals surface area contributed by atoms with Crippen LogP contribution in [0.15, 0.2) is 134 Å². The number of unbranched alkanes of at least 4 members (excludes halogenated alkanes) is 19. The van der Waals surface area contributed by atoms with Gasteiger partial charge in [0.05, 0.1) is 0 Å². The average molecular weight is 1010 g/mol. The van der Waals surface area contributed by atoms with Crippen LogP contribution < -0.4 is 0 Å². The summed E-state index contributed by atoms with van der Waals surface area (Å²) in [5, 5.41) is 0. The van der Waals surface area contributed by atoms with Crippen molar-refractivity contribution in [2.24, 2.45) is 0 Å². The molecule has 0 radical (unpaired) electrons. The maximum atomic E-state index is 12.9. The van der Waals surface area contributed by atoms with Gasteiger partial charge < -0.3 is 14.2 Å². The van der Waals surface area contributed by atoms with Crippen LogP contribution in [0.1, 0.15) is 252 Å². The molecule has 0 aromatic rings. The maximum Gasteiger partial charge on any atom is 0.306 e. The molecule has 0 unspecified atom stereocenters. The molecule has 0 rings (SSSR count). The molecule has 0 aliphatic heterocycles. The summed E-state index contributed by atoms with van der Waals surface area (Å²) in [5.41, 5.74) is 0. The molecular weight excluding hydrogens is 901 g/mol. The van der Waals surface area contributed by atoms with E-state index >= 15 is 0 Å². The van der Waals surface area contributed by atoms with Crippen molar-refractivity contribution in [3.05, 3.63) is 134 Å². The number of rotatable bonds is 52. The Hall–Kier alpha value is -4.45. The van der Waals surface area contributed by atoms with Gasteiger partial charge in [-0.15, -0.1) is 0 Å².